The molecule has 104 valence electrons. The van der Waals surface area contributed by atoms with Crippen molar-refractivity contribution in [2.24, 2.45) is 0 Å². The maximum absolute atomic E-state index is 11.8. The molecule has 20 heavy (non-hydrogen) atoms. The van der Waals surface area contributed by atoms with Gasteiger partial charge in [-0.25, -0.2) is 0 Å². The van der Waals surface area contributed by atoms with E-state index >= 15 is 0 Å². The van der Waals surface area contributed by atoms with Gasteiger partial charge in [0.2, 0.25) is 0 Å². The summed E-state index contributed by atoms with van der Waals surface area (Å²) in [7, 11) is 0. The highest BCUT2D eigenvalue weighted by molar-refractivity contribution is 9.10. The molecule has 0 spiro atoms. The van der Waals surface area contributed by atoms with Crippen molar-refractivity contribution < 1.29 is 9.53 Å². The minimum absolute atomic E-state index is 0.139. The number of hydrogen-bond donors (Lipinski definition) is 1. The summed E-state index contributed by atoms with van der Waals surface area (Å²) >= 11 is 9.14. The van der Waals surface area contributed by atoms with Gasteiger partial charge in [0.05, 0.1) is 6.54 Å². The van der Waals surface area contributed by atoms with Crippen LogP contribution in [0.1, 0.15) is 10.4 Å². The summed E-state index contributed by atoms with van der Waals surface area (Å²) < 4.78 is 6.48. The molecule has 0 aliphatic rings. The van der Waals surface area contributed by atoms with Crippen LogP contribution in [0.25, 0.3) is 0 Å². The molecule has 3 nitrogen and oxygen atoms in total. The third-order valence-electron chi connectivity index (χ3n) is 2.56. The van der Waals surface area contributed by atoms with Gasteiger partial charge in [0.25, 0.3) is 5.91 Å². The lowest BCUT2D eigenvalue weighted by atomic mass is 10.2. The molecule has 2 rings (SSSR count). The second-order valence-electron chi connectivity index (χ2n) is 4.07. The van der Waals surface area contributed by atoms with Gasteiger partial charge in [-0.3, -0.25) is 4.79 Å². The number of rotatable bonds is 5. The zero-order chi connectivity index (χ0) is 14.4. The van der Waals surface area contributed by atoms with Crippen molar-refractivity contribution in [3.05, 3.63) is 63.6 Å². The van der Waals surface area contributed by atoms with Crippen molar-refractivity contribution >= 4 is 33.4 Å². The predicted octanol–water partition coefficient (Wildman–Crippen LogP) is 3.91. The van der Waals surface area contributed by atoms with E-state index in [9.17, 15) is 4.79 Å². The summed E-state index contributed by atoms with van der Waals surface area (Å²) in [5, 5.41) is 3.40. The molecule has 1 amide bonds. The van der Waals surface area contributed by atoms with Gasteiger partial charge in [-0.15, -0.1) is 0 Å². The van der Waals surface area contributed by atoms with Crippen LogP contribution in [0, 0.1) is 0 Å². The largest absolute Gasteiger partial charge is 0.492 e. The lowest BCUT2D eigenvalue weighted by molar-refractivity contribution is 0.0947. The van der Waals surface area contributed by atoms with Gasteiger partial charge in [0.1, 0.15) is 12.4 Å². The van der Waals surface area contributed by atoms with Gasteiger partial charge in [-0.1, -0.05) is 33.6 Å². The molecule has 0 saturated heterocycles. The molecule has 0 aliphatic carbocycles. The predicted molar refractivity (Wildman–Crippen MR) is 83.4 cm³/mol. The molecule has 0 heterocycles. The second-order valence-corrected chi connectivity index (χ2v) is 5.42. The summed E-state index contributed by atoms with van der Waals surface area (Å²) in [6.45, 7) is 0.851. The quantitative estimate of drug-likeness (QED) is 0.827. The topological polar surface area (TPSA) is 38.3 Å². The van der Waals surface area contributed by atoms with Gasteiger partial charge >= 0.3 is 0 Å². The van der Waals surface area contributed by atoms with E-state index in [2.05, 4.69) is 21.2 Å². The first-order chi connectivity index (χ1) is 9.65. The first kappa shape index (κ1) is 14.9. The number of hydrogen-bond acceptors (Lipinski definition) is 2. The van der Waals surface area contributed by atoms with Gasteiger partial charge < -0.3 is 10.1 Å². The number of ether oxygens (including phenoxy) is 1. The van der Waals surface area contributed by atoms with E-state index in [0.717, 1.165) is 10.2 Å². The van der Waals surface area contributed by atoms with Crippen molar-refractivity contribution in [2.45, 2.75) is 0 Å². The molecule has 0 bridgehead atoms. The second kappa shape index (κ2) is 7.31. The minimum atomic E-state index is -0.139. The Bertz CT molecular complexity index is 587. The minimum Gasteiger partial charge on any atom is -0.492 e. The van der Waals surface area contributed by atoms with Crippen LogP contribution in [0.5, 0.6) is 5.75 Å². The summed E-state index contributed by atoms with van der Waals surface area (Å²) in [5.41, 5.74) is 0.580. The molecule has 2 aromatic rings. The van der Waals surface area contributed by atoms with Crippen molar-refractivity contribution in [1.29, 1.82) is 0 Å². The van der Waals surface area contributed by atoms with Crippen LogP contribution in [-0.4, -0.2) is 19.1 Å². The Hall–Kier alpha value is -1.52. The molecular formula is C15H13BrClNO2. The molecule has 0 aromatic heterocycles. The monoisotopic (exact) mass is 353 g/mol. The Morgan fingerprint density at radius 1 is 1.20 bits per heavy atom. The SMILES string of the molecule is O=C(NCCOc1cccc(Br)c1)c1ccc(Cl)cc1. The van der Waals surface area contributed by atoms with Crippen LogP contribution in [0.4, 0.5) is 0 Å². The Morgan fingerprint density at radius 2 is 1.95 bits per heavy atom. The molecular weight excluding hydrogens is 342 g/mol. The van der Waals surface area contributed by atoms with Crippen LogP contribution in [0.2, 0.25) is 5.02 Å². The van der Waals surface area contributed by atoms with Crippen LogP contribution in [0.15, 0.2) is 53.0 Å². The van der Waals surface area contributed by atoms with Crippen LogP contribution >= 0.6 is 27.5 Å². The molecule has 0 aliphatic heterocycles. The van der Waals surface area contributed by atoms with Gasteiger partial charge in [-0.05, 0) is 42.5 Å². The number of carbonyl (C=O) groups excluding carboxylic acids is 1. The van der Waals surface area contributed by atoms with E-state index in [1.54, 1.807) is 24.3 Å². The molecule has 1 N–H and O–H groups in total. The average molecular weight is 355 g/mol. The zero-order valence-corrected chi connectivity index (χ0v) is 12.9. The van der Waals surface area contributed by atoms with Gasteiger partial charge in [-0.2, -0.15) is 0 Å². The van der Waals surface area contributed by atoms with E-state index in [-0.39, 0.29) is 5.91 Å². The van der Waals surface area contributed by atoms with Crippen molar-refractivity contribution in [3.8, 4) is 5.75 Å². The van der Waals surface area contributed by atoms with E-state index in [0.29, 0.717) is 23.7 Å². The fourth-order valence-electron chi connectivity index (χ4n) is 1.59. The van der Waals surface area contributed by atoms with Crippen molar-refractivity contribution in [2.75, 3.05) is 13.2 Å². The van der Waals surface area contributed by atoms with Crippen LogP contribution in [0.3, 0.4) is 0 Å². The van der Waals surface area contributed by atoms with Crippen molar-refractivity contribution in [3.63, 3.8) is 0 Å². The fourth-order valence-corrected chi connectivity index (χ4v) is 2.10. The Kier molecular flexibility index (Phi) is 5.44. The summed E-state index contributed by atoms with van der Waals surface area (Å²) in [4.78, 5) is 11.8. The fraction of sp³-hybridized carbons (Fsp3) is 0.133. The summed E-state index contributed by atoms with van der Waals surface area (Å²) in [5.74, 6) is 0.625. The number of carbonyl (C=O) groups is 1. The lowest BCUT2D eigenvalue weighted by Gasteiger charge is -2.08. The number of halogens is 2. The smallest absolute Gasteiger partial charge is 0.251 e. The zero-order valence-electron chi connectivity index (χ0n) is 10.6. The normalized spacial score (nSPS) is 10.1. The number of amides is 1. The number of benzene rings is 2. The molecule has 2 aromatic carbocycles. The summed E-state index contributed by atoms with van der Waals surface area (Å²) in [6, 6.07) is 14.3. The number of nitrogens with one attached hydrogen (secondary N) is 1. The maximum atomic E-state index is 11.8. The van der Waals surface area contributed by atoms with Gasteiger partial charge in [0, 0.05) is 15.1 Å². The average Bonchev–Trinajstić information content (AvgIpc) is 2.44. The van der Waals surface area contributed by atoms with E-state index in [1.165, 1.54) is 0 Å². The highest BCUT2D eigenvalue weighted by Crippen LogP contribution is 2.17. The molecule has 0 radical (unpaired) electrons. The third-order valence-corrected chi connectivity index (χ3v) is 3.30. The highest BCUT2D eigenvalue weighted by atomic mass is 79.9. The maximum Gasteiger partial charge on any atom is 0.251 e. The van der Waals surface area contributed by atoms with E-state index in [1.807, 2.05) is 24.3 Å². The Labute approximate surface area is 131 Å². The molecule has 0 fully saturated rings. The standard InChI is InChI=1S/C15H13BrClNO2/c16-12-2-1-3-14(10-12)20-9-8-18-15(19)11-4-6-13(17)7-5-11/h1-7,10H,8-9H2,(H,18,19). The Morgan fingerprint density at radius 3 is 2.65 bits per heavy atom. The van der Waals surface area contributed by atoms with Crippen molar-refractivity contribution in [1.82, 2.24) is 5.32 Å². The molecule has 5 heteroatoms. The highest BCUT2D eigenvalue weighted by Gasteiger charge is 2.04. The molecule has 0 atom stereocenters. The lowest BCUT2D eigenvalue weighted by Crippen LogP contribution is -2.28. The third kappa shape index (κ3) is 4.54. The first-order valence-electron chi connectivity index (χ1n) is 6.07. The Balaban J connectivity index is 1.76. The summed E-state index contributed by atoms with van der Waals surface area (Å²) in [6.07, 6.45) is 0. The van der Waals surface area contributed by atoms with Gasteiger partial charge in [0.15, 0.2) is 0 Å². The van der Waals surface area contributed by atoms with E-state index in [4.69, 9.17) is 16.3 Å². The first-order valence-corrected chi connectivity index (χ1v) is 7.24. The van der Waals surface area contributed by atoms with Crippen LogP contribution in [-0.2, 0) is 0 Å². The van der Waals surface area contributed by atoms with Crippen LogP contribution < -0.4 is 10.1 Å². The van der Waals surface area contributed by atoms with E-state index < -0.39 is 0 Å². The molecule has 0 saturated carbocycles. The molecule has 0 unspecified atom stereocenters.